The Bertz CT molecular complexity index is 903. The summed E-state index contributed by atoms with van der Waals surface area (Å²) in [6.07, 6.45) is 0.995. The Morgan fingerprint density at radius 2 is 2.20 bits per heavy atom. The summed E-state index contributed by atoms with van der Waals surface area (Å²) in [5.41, 5.74) is 3.37. The van der Waals surface area contributed by atoms with Gasteiger partial charge in [0.25, 0.3) is 0 Å². The highest BCUT2D eigenvalue weighted by atomic mass is 16.6. The number of nitrogens with one attached hydrogen (secondary N) is 1. The first-order chi connectivity index (χ1) is 12.0. The van der Waals surface area contributed by atoms with Gasteiger partial charge in [0, 0.05) is 53.0 Å². The van der Waals surface area contributed by atoms with E-state index < -0.39 is 17.9 Å². The van der Waals surface area contributed by atoms with Crippen molar-refractivity contribution in [2.24, 2.45) is 5.92 Å². The predicted octanol–water partition coefficient (Wildman–Crippen LogP) is 1.50. The molecule has 0 saturated heterocycles. The Morgan fingerprint density at radius 1 is 1.40 bits per heavy atom. The molecule has 1 aliphatic heterocycles. The number of carbonyl (C=O) groups is 2. The van der Waals surface area contributed by atoms with Crippen LogP contribution in [-0.4, -0.2) is 46.4 Å². The molecular formula is C17H17N3O5. The number of aromatic nitrogens is 1. The Hall–Kier alpha value is -2.90. The summed E-state index contributed by atoms with van der Waals surface area (Å²) in [4.78, 5) is 39.7. The van der Waals surface area contributed by atoms with Crippen molar-refractivity contribution < 1.29 is 19.2 Å². The van der Waals surface area contributed by atoms with E-state index in [4.69, 9.17) is 4.74 Å². The van der Waals surface area contributed by atoms with Gasteiger partial charge >= 0.3 is 5.97 Å². The highest BCUT2D eigenvalue weighted by Crippen LogP contribution is 2.37. The van der Waals surface area contributed by atoms with E-state index in [0.29, 0.717) is 31.5 Å². The summed E-state index contributed by atoms with van der Waals surface area (Å²) in [5.74, 6) is -1.05. The number of carbonyl (C=O) groups excluding carboxylic acids is 2. The van der Waals surface area contributed by atoms with Gasteiger partial charge in [-0.2, -0.15) is 0 Å². The second-order valence-corrected chi connectivity index (χ2v) is 6.54. The lowest BCUT2D eigenvalue weighted by Crippen LogP contribution is -2.37. The molecule has 1 aromatic carbocycles. The predicted molar refractivity (Wildman–Crippen MR) is 87.6 cm³/mol. The molecule has 2 heterocycles. The van der Waals surface area contributed by atoms with E-state index in [1.165, 1.54) is 7.11 Å². The van der Waals surface area contributed by atoms with Crippen LogP contribution in [0.3, 0.4) is 0 Å². The van der Waals surface area contributed by atoms with Crippen molar-refractivity contribution in [3.8, 4) is 0 Å². The molecule has 2 atom stereocenters. The highest BCUT2D eigenvalue weighted by molar-refractivity contribution is 5.96. The van der Waals surface area contributed by atoms with E-state index in [1.54, 1.807) is 17.0 Å². The minimum Gasteiger partial charge on any atom is -0.465 e. The molecule has 1 aliphatic carbocycles. The third-order valence-electron chi connectivity index (χ3n) is 5.05. The fourth-order valence-electron chi connectivity index (χ4n) is 3.56. The largest absolute Gasteiger partial charge is 0.465 e. The van der Waals surface area contributed by atoms with E-state index in [1.807, 2.05) is 6.07 Å². The van der Waals surface area contributed by atoms with Gasteiger partial charge in [-0.15, -0.1) is 0 Å². The molecule has 8 heteroatoms. The van der Waals surface area contributed by atoms with Gasteiger partial charge in [0.15, 0.2) is 0 Å². The SMILES string of the molecule is COC(=O)c1ccc2[nH]c3c(c2c1)CN(C(=O)[C@H]1C[C@@H]1[N+](=O)[O-])CC3. The maximum absolute atomic E-state index is 12.5. The first-order valence-corrected chi connectivity index (χ1v) is 8.13. The highest BCUT2D eigenvalue weighted by Gasteiger charge is 2.54. The van der Waals surface area contributed by atoms with Gasteiger partial charge in [-0.3, -0.25) is 14.9 Å². The maximum atomic E-state index is 12.5. The van der Waals surface area contributed by atoms with E-state index in [2.05, 4.69) is 4.98 Å². The lowest BCUT2D eigenvalue weighted by atomic mass is 10.0. The number of rotatable bonds is 3. The lowest BCUT2D eigenvalue weighted by molar-refractivity contribution is -0.497. The third-order valence-corrected chi connectivity index (χ3v) is 5.05. The molecule has 0 radical (unpaired) electrons. The average molecular weight is 343 g/mol. The molecule has 2 aliphatic rings. The molecule has 1 saturated carbocycles. The van der Waals surface area contributed by atoms with Gasteiger partial charge < -0.3 is 14.6 Å². The van der Waals surface area contributed by atoms with Crippen molar-refractivity contribution in [3.05, 3.63) is 45.1 Å². The number of benzene rings is 1. The van der Waals surface area contributed by atoms with E-state index in [0.717, 1.165) is 22.2 Å². The fourth-order valence-corrected chi connectivity index (χ4v) is 3.56. The summed E-state index contributed by atoms with van der Waals surface area (Å²) < 4.78 is 4.76. The Balaban J connectivity index is 1.62. The number of methoxy groups -OCH3 is 1. The van der Waals surface area contributed by atoms with Gasteiger partial charge in [0.1, 0.15) is 5.92 Å². The van der Waals surface area contributed by atoms with Crippen LogP contribution >= 0.6 is 0 Å². The zero-order chi connectivity index (χ0) is 17.7. The third kappa shape index (κ3) is 2.54. The average Bonchev–Trinajstić information content (AvgIpc) is 3.35. The number of H-pyrrole nitrogens is 1. The topological polar surface area (TPSA) is 106 Å². The number of amides is 1. The summed E-state index contributed by atoms with van der Waals surface area (Å²) in [6, 6.07) is 4.56. The molecule has 1 N–H and O–H groups in total. The number of hydrogen-bond acceptors (Lipinski definition) is 5. The van der Waals surface area contributed by atoms with Crippen LogP contribution in [-0.2, 0) is 22.5 Å². The molecule has 0 bridgehead atoms. The van der Waals surface area contributed by atoms with Crippen LogP contribution in [0, 0.1) is 16.0 Å². The molecule has 130 valence electrons. The molecule has 8 nitrogen and oxygen atoms in total. The molecule has 1 aromatic heterocycles. The van der Waals surface area contributed by atoms with Crippen LogP contribution in [0.4, 0.5) is 0 Å². The van der Waals surface area contributed by atoms with Crippen LogP contribution in [0.5, 0.6) is 0 Å². The number of nitrogens with zero attached hydrogens (tertiary/aromatic N) is 2. The second-order valence-electron chi connectivity index (χ2n) is 6.54. The van der Waals surface area contributed by atoms with Crippen LogP contribution < -0.4 is 0 Å². The molecule has 0 unspecified atom stereocenters. The van der Waals surface area contributed by atoms with Crippen LogP contribution in [0.25, 0.3) is 10.9 Å². The number of aromatic amines is 1. The fraction of sp³-hybridized carbons (Fsp3) is 0.412. The number of nitro groups is 1. The smallest absolute Gasteiger partial charge is 0.337 e. The van der Waals surface area contributed by atoms with Crippen molar-refractivity contribution in [2.45, 2.75) is 25.4 Å². The van der Waals surface area contributed by atoms with Gasteiger partial charge in [-0.05, 0) is 18.2 Å². The van der Waals surface area contributed by atoms with Crippen LogP contribution in [0.2, 0.25) is 0 Å². The summed E-state index contributed by atoms with van der Waals surface area (Å²) in [6.45, 7) is 0.948. The quantitative estimate of drug-likeness (QED) is 0.516. The maximum Gasteiger partial charge on any atom is 0.337 e. The van der Waals surface area contributed by atoms with Crippen molar-refractivity contribution in [1.82, 2.24) is 9.88 Å². The van der Waals surface area contributed by atoms with Gasteiger partial charge in [-0.25, -0.2) is 4.79 Å². The van der Waals surface area contributed by atoms with Crippen molar-refractivity contribution >= 4 is 22.8 Å². The normalized spacial score (nSPS) is 21.7. The summed E-state index contributed by atoms with van der Waals surface area (Å²) in [5, 5.41) is 11.7. The standard InChI is InChI=1S/C17H17N3O5/c1-25-17(22)9-2-3-13-10(6-9)12-8-19(5-4-14(12)18-13)16(21)11-7-15(11)20(23)24/h2-3,6,11,15,18H,4-5,7-8H2,1H3/t11-,15-/m0/s1. The lowest BCUT2D eigenvalue weighted by Gasteiger charge is -2.27. The summed E-state index contributed by atoms with van der Waals surface area (Å²) in [7, 11) is 1.33. The van der Waals surface area contributed by atoms with Gasteiger partial charge in [-0.1, -0.05) is 0 Å². The first kappa shape index (κ1) is 15.6. The Morgan fingerprint density at radius 3 is 2.88 bits per heavy atom. The zero-order valence-electron chi connectivity index (χ0n) is 13.7. The number of ether oxygens (including phenoxy) is 1. The zero-order valence-corrected chi connectivity index (χ0v) is 13.7. The first-order valence-electron chi connectivity index (χ1n) is 8.13. The number of fused-ring (bicyclic) bond motifs is 3. The molecule has 0 spiro atoms. The minimum atomic E-state index is -0.734. The summed E-state index contributed by atoms with van der Waals surface area (Å²) >= 11 is 0. The van der Waals surface area contributed by atoms with E-state index in [-0.39, 0.29) is 10.8 Å². The van der Waals surface area contributed by atoms with E-state index >= 15 is 0 Å². The minimum absolute atomic E-state index is 0.147. The van der Waals surface area contributed by atoms with Crippen molar-refractivity contribution in [1.29, 1.82) is 0 Å². The van der Waals surface area contributed by atoms with Crippen LogP contribution in [0.1, 0.15) is 28.0 Å². The van der Waals surface area contributed by atoms with Gasteiger partial charge in [0.2, 0.25) is 11.9 Å². The Labute approximate surface area is 142 Å². The van der Waals surface area contributed by atoms with Gasteiger partial charge in [0.05, 0.1) is 12.7 Å². The van der Waals surface area contributed by atoms with Crippen molar-refractivity contribution in [3.63, 3.8) is 0 Å². The molecule has 4 rings (SSSR count). The molecule has 1 amide bonds. The molecule has 1 fully saturated rings. The van der Waals surface area contributed by atoms with Crippen molar-refractivity contribution in [2.75, 3.05) is 13.7 Å². The Kier molecular flexibility index (Phi) is 3.48. The molecule has 2 aromatic rings. The number of hydrogen-bond donors (Lipinski definition) is 1. The molecule has 25 heavy (non-hydrogen) atoms. The molecular weight excluding hydrogens is 326 g/mol. The van der Waals surface area contributed by atoms with Crippen LogP contribution in [0.15, 0.2) is 18.2 Å². The van der Waals surface area contributed by atoms with E-state index in [9.17, 15) is 19.7 Å². The number of esters is 1. The monoisotopic (exact) mass is 343 g/mol. The second kappa shape index (κ2) is 5.58.